The second-order valence-electron chi connectivity index (χ2n) is 7.15. The Morgan fingerprint density at radius 3 is 2.50 bits per heavy atom. The monoisotopic (exact) mass is 412 g/mol. The van der Waals surface area contributed by atoms with Crippen molar-refractivity contribution in [2.24, 2.45) is 7.05 Å². The number of fused-ring (bicyclic) bond motifs is 1. The number of carbonyl (C=O) groups excluding carboxylic acids is 2. The van der Waals surface area contributed by atoms with E-state index in [2.05, 4.69) is 10.1 Å². The predicted octanol–water partition coefficient (Wildman–Crippen LogP) is 0.398. The average molecular weight is 412 g/mol. The summed E-state index contributed by atoms with van der Waals surface area (Å²) in [5.74, 6) is -1.03. The zero-order valence-electron chi connectivity index (χ0n) is 17.4. The topological polar surface area (TPSA) is 103 Å². The van der Waals surface area contributed by atoms with Gasteiger partial charge in [-0.15, -0.1) is 0 Å². The number of rotatable bonds is 7. The number of hydrogen-bond donors (Lipinski definition) is 0. The number of likely N-dealkylation sites (N-methyl/N-ethyl adjacent to an activating group) is 1. The molecule has 3 rings (SSSR count). The van der Waals surface area contributed by atoms with Crippen LogP contribution in [0.1, 0.15) is 5.56 Å². The van der Waals surface area contributed by atoms with Gasteiger partial charge in [0.25, 0.3) is 11.5 Å². The van der Waals surface area contributed by atoms with E-state index in [1.165, 1.54) is 22.1 Å². The second kappa shape index (κ2) is 8.76. The molecule has 1 amide bonds. The number of carbonyl (C=O) groups is 2. The summed E-state index contributed by atoms with van der Waals surface area (Å²) in [5.41, 5.74) is 2.07. The first-order valence-corrected chi connectivity index (χ1v) is 9.29. The van der Waals surface area contributed by atoms with Crippen LogP contribution in [-0.4, -0.2) is 63.9 Å². The minimum absolute atomic E-state index is 0.309. The maximum Gasteiger partial charge on any atom is 0.326 e. The first-order valence-electron chi connectivity index (χ1n) is 9.29. The lowest BCUT2D eigenvalue weighted by Crippen LogP contribution is -2.32. The quantitative estimate of drug-likeness (QED) is 0.518. The predicted molar refractivity (Wildman–Crippen MR) is 111 cm³/mol. The molecular weight excluding hydrogens is 388 g/mol. The van der Waals surface area contributed by atoms with Crippen LogP contribution in [0.4, 0.5) is 5.69 Å². The van der Waals surface area contributed by atoms with E-state index < -0.39 is 18.1 Å². The molecule has 0 bridgehead atoms. The molecule has 0 N–H and O–H groups in total. The van der Waals surface area contributed by atoms with Crippen LogP contribution in [-0.2, 0) is 34.5 Å². The van der Waals surface area contributed by atoms with Crippen LogP contribution < -0.4 is 10.5 Å². The number of hydrogen-bond acceptors (Lipinski definition) is 7. The normalized spacial score (nSPS) is 10.8. The largest absolute Gasteiger partial charge is 0.454 e. The highest BCUT2D eigenvalue weighted by Crippen LogP contribution is 2.13. The summed E-state index contributed by atoms with van der Waals surface area (Å²) in [7, 11) is 7.23. The van der Waals surface area contributed by atoms with E-state index in [1.54, 1.807) is 14.1 Å². The maximum atomic E-state index is 12.4. The highest BCUT2D eigenvalue weighted by molar-refractivity contribution is 5.80. The van der Waals surface area contributed by atoms with Crippen LogP contribution in [0.3, 0.4) is 0 Å². The van der Waals surface area contributed by atoms with Crippen molar-refractivity contribution in [3.63, 3.8) is 0 Å². The molecule has 0 aliphatic carbocycles. The number of aryl methyl sites for hydroxylation is 1. The van der Waals surface area contributed by atoms with Crippen molar-refractivity contribution in [2.45, 2.75) is 13.1 Å². The number of esters is 1. The van der Waals surface area contributed by atoms with Crippen molar-refractivity contribution in [3.05, 3.63) is 52.7 Å². The summed E-state index contributed by atoms with van der Waals surface area (Å²) in [6, 6.07) is 7.83. The van der Waals surface area contributed by atoms with Crippen molar-refractivity contribution in [1.29, 1.82) is 0 Å². The Labute approximate surface area is 173 Å². The van der Waals surface area contributed by atoms with Gasteiger partial charge in [-0.1, -0.05) is 12.1 Å². The molecule has 30 heavy (non-hydrogen) atoms. The van der Waals surface area contributed by atoms with E-state index in [0.717, 1.165) is 15.8 Å². The van der Waals surface area contributed by atoms with Gasteiger partial charge in [-0.05, 0) is 17.7 Å². The van der Waals surface area contributed by atoms with E-state index in [-0.39, 0.29) is 12.5 Å². The lowest BCUT2D eigenvalue weighted by atomic mass is 10.2. The first-order chi connectivity index (χ1) is 14.3. The zero-order valence-corrected chi connectivity index (χ0v) is 17.4. The van der Waals surface area contributed by atoms with Crippen LogP contribution >= 0.6 is 0 Å². The van der Waals surface area contributed by atoms with E-state index in [0.29, 0.717) is 17.6 Å². The molecule has 0 aliphatic rings. The fraction of sp³-hybridized carbons (Fsp3) is 0.350. The molecule has 0 atom stereocenters. The molecule has 3 aromatic rings. The van der Waals surface area contributed by atoms with Crippen molar-refractivity contribution in [2.75, 3.05) is 32.6 Å². The molecule has 10 heteroatoms. The Bertz CT molecular complexity index is 1120. The van der Waals surface area contributed by atoms with Gasteiger partial charge < -0.3 is 14.5 Å². The maximum absolute atomic E-state index is 12.4. The van der Waals surface area contributed by atoms with Gasteiger partial charge in [0, 0.05) is 40.4 Å². The van der Waals surface area contributed by atoms with Gasteiger partial charge in [-0.3, -0.25) is 23.6 Å². The minimum Gasteiger partial charge on any atom is -0.454 e. The Morgan fingerprint density at radius 1 is 1.13 bits per heavy atom. The van der Waals surface area contributed by atoms with Gasteiger partial charge >= 0.3 is 5.97 Å². The number of amides is 1. The molecule has 0 saturated heterocycles. The summed E-state index contributed by atoms with van der Waals surface area (Å²) >= 11 is 0. The summed E-state index contributed by atoms with van der Waals surface area (Å²) in [6.07, 6.45) is 2.66. The molecule has 0 fully saturated rings. The van der Waals surface area contributed by atoms with Gasteiger partial charge in [0.1, 0.15) is 18.3 Å². The molecule has 0 spiro atoms. The van der Waals surface area contributed by atoms with Crippen LogP contribution in [0, 0.1) is 0 Å². The molecule has 10 nitrogen and oxygen atoms in total. The highest BCUT2D eigenvalue weighted by Gasteiger charge is 2.15. The Balaban J connectivity index is 1.53. The second-order valence-corrected chi connectivity index (χ2v) is 7.15. The van der Waals surface area contributed by atoms with Gasteiger partial charge in [-0.2, -0.15) is 5.10 Å². The number of benzene rings is 1. The van der Waals surface area contributed by atoms with Gasteiger partial charge in [0.2, 0.25) is 0 Å². The van der Waals surface area contributed by atoms with Crippen LogP contribution in [0.5, 0.6) is 0 Å². The lowest BCUT2D eigenvalue weighted by Gasteiger charge is -2.18. The van der Waals surface area contributed by atoms with E-state index in [9.17, 15) is 14.4 Å². The fourth-order valence-electron chi connectivity index (χ4n) is 2.88. The number of anilines is 1. The van der Waals surface area contributed by atoms with E-state index in [1.807, 2.05) is 43.3 Å². The molecule has 1 aromatic carbocycles. The van der Waals surface area contributed by atoms with Crippen molar-refractivity contribution >= 4 is 28.6 Å². The zero-order chi connectivity index (χ0) is 21.8. The third-order valence-corrected chi connectivity index (χ3v) is 4.67. The Morgan fingerprint density at radius 2 is 1.83 bits per heavy atom. The van der Waals surface area contributed by atoms with Gasteiger partial charge in [0.05, 0.1) is 6.20 Å². The van der Waals surface area contributed by atoms with Crippen molar-refractivity contribution < 1.29 is 14.3 Å². The molecule has 2 aromatic heterocycles. The standard InChI is InChI=1S/C20H24N6O4/c1-23(2)15-7-5-14(6-8-15)10-24(3)17(27)12-30-18(28)11-26-13-21-19-16(20(26)29)9-22-25(19)4/h5-9,13H,10-12H2,1-4H3. The van der Waals surface area contributed by atoms with E-state index in [4.69, 9.17) is 4.74 Å². The third-order valence-electron chi connectivity index (χ3n) is 4.67. The van der Waals surface area contributed by atoms with Gasteiger partial charge in [0.15, 0.2) is 12.3 Å². The fourth-order valence-corrected chi connectivity index (χ4v) is 2.88. The van der Waals surface area contributed by atoms with Crippen LogP contribution in [0.25, 0.3) is 11.0 Å². The average Bonchev–Trinajstić information content (AvgIpc) is 3.10. The SMILES string of the molecule is CN(Cc1ccc(N(C)C)cc1)C(=O)COC(=O)Cn1cnc2c(cnn2C)c1=O. The summed E-state index contributed by atoms with van der Waals surface area (Å²) in [5, 5.41) is 4.28. The first kappa shape index (κ1) is 21.0. The Hall–Kier alpha value is -3.69. The Kier molecular flexibility index (Phi) is 6.14. The number of ether oxygens (including phenoxy) is 1. The van der Waals surface area contributed by atoms with Crippen molar-refractivity contribution in [1.82, 2.24) is 24.2 Å². The van der Waals surface area contributed by atoms with Gasteiger partial charge in [-0.25, -0.2) is 4.98 Å². The van der Waals surface area contributed by atoms with E-state index >= 15 is 0 Å². The van der Waals surface area contributed by atoms with Crippen molar-refractivity contribution in [3.8, 4) is 0 Å². The third kappa shape index (κ3) is 4.65. The molecular formula is C20H24N6O4. The lowest BCUT2D eigenvalue weighted by molar-refractivity contribution is -0.152. The molecule has 0 unspecified atom stereocenters. The molecule has 0 aliphatic heterocycles. The molecule has 158 valence electrons. The highest BCUT2D eigenvalue weighted by atomic mass is 16.5. The van der Waals surface area contributed by atoms with Crippen LogP contribution in [0.15, 0.2) is 41.6 Å². The molecule has 2 heterocycles. The number of aromatic nitrogens is 4. The molecule has 0 saturated carbocycles. The summed E-state index contributed by atoms with van der Waals surface area (Å²) in [4.78, 5) is 44.3. The smallest absolute Gasteiger partial charge is 0.326 e. The molecule has 0 radical (unpaired) electrons. The van der Waals surface area contributed by atoms with Crippen LogP contribution in [0.2, 0.25) is 0 Å². The summed E-state index contributed by atoms with van der Waals surface area (Å²) < 4.78 is 7.65. The minimum atomic E-state index is -0.695. The number of nitrogens with zero attached hydrogens (tertiary/aromatic N) is 6. The summed E-state index contributed by atoms with van der Waals surface area (Å²) in [6.45, 7) is -0.340.